The smallest absolute Gasteiger partial charge is 0.444 e. The Balaban J connectivity index is 1.59. The number of hydrogen-bond donors (Lipinski definition) is 0. The van der Waals surface area contributed by atoms with Crippen LogP contribution in [-0.4, -0.2) is 66.8 Å². The quantitative estimate of drug-likeness (QED) is 0.409. The summed E-state index contributed by atoms with van der Waals surface area (Å²) in [6, 6.07) is 10.5. The molecule has 1 fully saturated rings. The number of benzene rings is 1. The molecule has 0 saturated carbocycles. The first-order valence-electron chi connectivity index (χ1n) is 11.5. The van der Waals surface area contributed by atoms with Crippen molar-refractivity contribution in [3.8, 4) is 0 Å². The molecular weight excluding hydrogens is 529 g/mol. The molecule has 1 aliphatic rings. The zero-order valence-corrected chi connectivity index (χ0v) is 22.2. The van der Waals surface area contributed by atoms with Gasteiger partial charge >= 0.3 is 12.4 Å². The van der Waals surface area contributed by atoms with E-state index in [2.05, 4.69) is 4.98 Å². The number of fused-ring (bicyclic) bond motifs is 1. The third-order valence-corrected chi connectivity index (χ3v) is 8.95. The molecule has 2 aromatic heterocycles. The summed E-state index contributed by atoms with van der Waals surface area (Å²) in [7, 11) is -4.89. The Morgan fingerprint density at radius 3 is 2.32 bits per heavy atom. The van der Waals surface area contributed by atoms with E-state index in [4.69, 9.17) is 4.74 Å². The number of rotatable bonds is 5. The van der Waals surface area contributed by atoms with E-state index in [-0.39, 0.29) is 5.56 Å². The minimum absolute atomic E-state index is 0.217. The van der Waals surface area contributed by atoms with Gasteiger partial charge in [0, 0.05) is 49.0 Å². The topological polar surface area (TPSA) is 83.0 Å². The van der Waals surface area contributed by atoms with Gasteiger partial charge in [-0.05, 0) is 38.5 Å². The first kappa shape index (κ1) is 27.1. The van der Waals surface area contributed by atoms with Crippen molar-refractivity contribution in [2.45, 2.75) is 43.4 Å². The molecule has 0 N–H and O–H groups in total. The summed E-state index contributed by atoms with van der Waals surface area (Å²) >= 11 is 0.768. The SMILES string of the molecule is CC(C)(C)OC(=O)N1CCN(c2nccc3sc(S(=O)(=O)N(Cc4ccccc4)C(F)(F)F)cc23)CC1. The van der Waals surface area contributed by atoms with E-state index in [0.717, 1.165) is 11.3 Å². The van der Waals surface area contributed by atoms with Gasteiger partial charge in [-0.15, -0.1) is 11.3 Å². The third kappa shape index (κ3) is 6.16. The summed E-state index contributed by atoms with van der Waals surface area (Å²) in [5.41, 5.74) is -0.403. The molecule has 37 heavy (non-hydrogen) atoms. The zero-order chi connectivity index (χ0) is 27.0. The lowest BCUT2D eigenvalue weighted by molar-refractivity contribution is -0.213. The number of anilines is 1. The second-order valence-corrected chi connectivity index (χ2v) is 12.7. The van der Waals surface area contributed by atoms with Crippen LogP contribution < -0.4 is 4.90 Å². The molecule has 1 aliphatic heterocycles. The number of piperazine rings is 1. The predicted molar refractivity (Wildman–Crippen MR) is 135 cm³/mol. The molecule has 0 spiro atoms. The van der Waals surface area contributed by atoms with Crippen molar-refractivity contribution in [3.05, 3.63) is 54.2 Å². The number of sulfonamides is 1. The minimum atomic E-state index is -5.11. The largest absolute Gasteiger partial charge is 0.473 e. The van der Waals surface area contributed by atoms with Gasteiger partial charge in [0.15, 0.2) is 0 Å². The van der Waals surface area contributed by atoms with E-state index < -0.39 is 43.1 Å². The van der Waals surface area contributed by atoms with E-state index in [9.17, 15) is 26.4 Å². The number of pyridine rings is 1. The van der Waals surface area contributed by atoms with Crippen LogP contribution in [0.2, 0.25) is 0 Å². The molecule has 1 aromatic carbocycles. The van der Waals surface area contributed by atoms with Gasteiger partial charge in [0.25, 0.3) is 10.0 Å². The zero-order valence-electron chi connectivity index (χ0n) is 20.5. The molecule has 1 amide bonds. The third-order valence-electron chi connectivity index (χ3n) is 5.63. The Hall–Kier alpha value is -2.90. The van der Waals surface area contributed by atoms with Crippen LogP contribution in [0, 0.1) is 0 Å². The van der Waals surface area contributed by atoms with Crippen molar-refractivity contribution in [1.29, 1.82) is 0 Å². The molecule has 4 rings (SSSR count). The number of carbonyl (C=O) groups is 1. The van der Waals surface area contributed by atoms with Crippen LogP contribution in [-0.2, 0) is 21.3 Å². The minimum Gasteiger partial charge on any atom is -0.444 e. The maximum absolute atomic E-state index is 13.9. The van der Waals surface area contributed by atoms with Gasteiger partial charge in [0.05, 0.1) is 0 Å². The number of amides is 1. The number of ether oxygens (including phenoxy) is 1. The van der Waals surface area contributed by atoms with Gasteiger partial charge in [0.2, 0.25) is 0 Å². The van der Waals surface area contributed by atoms with Crippen molar-refractivity contribution < 1.29 is 31.1 Å². The highest BCUT2D eigenvalue weighted by molar-refractivity contribution is 7.91. The number of nitrogens with zero attached hydrogens (tertiary/aromatic N) is 4. The van der Waals surface area contributed by atoms with E-state index in [1.807, 2.05) is 4.90 Å². The van der Waals surface area contributed by atoms with Gasteiger partial charge in [-0.3, -0.25) is 0 Å². The van der Waals surface area contributed by atoms with Gasteiger partial charge in [-0.1, -0.05) is 34.6 Å². The van der Waals surface area contributed by atoms with E-state index in [0.29, 0.717) is 42.1 Å². The molecule has 200 valence electrons. The Labute approximate surface area is 217 Å². The molecule has 0 atom stereocenters. The Bertz CT molecular complexity index is 1360. The maximum Gasteiger partial charge on any atom is 0.473 e. The normalized spacial score (nSPS) is 15.4. The summed E-state index contributed by atoms with van der Waals surface area (Å²) in [6.45, 7) is 6.06. The standard InChI is InChI=1S/C24H27F3N4O4S2/c1-23(2,3)35-22(32)30-13-11-29(12-14-30)21-18-15-20(36-19(18)9-10-28-21)37(33,34)31(24(25,26)27)16-17-7-5-4-6-8-17/h4-10,15H,11-14,16H2,1-3H3. The van der Waals surface area contributed by atoms with Gasteiger partial charge < -0.3 is 14.5 Å². The first-order valence-corrected chi connectivity index (χ1v) is 13.8. The number of halogens is 3. The monoisotopic (exact) mass is 556 g/mol. The van der Waals surface area contributed by atoms with Crippen molar-refractivity contribution in [3.63, 3.8) is 0 Å². The lowest BCUT2D eigenvalue weighted by atomic mass is 10.2. The summed E-state index contributed by atoms with van der Waals surface area (Å²) in [5.74, 6) is 0.459. The van der Waals surface area contributed by atoms with Gasteiger partial charge in [-0.2, -0.15) is 13.2 Å². The van der Waals surface area contributed by atoms with Crippen LogP contribution in [0.15, 0.2) is 52.9 Å². The summed E-state index contributed by atoms with van der Waals surface area (Å²) < 4.78 is 73.2. The lowest BCUT2D eigenvalue weighted by Gasteiger charge is -2.36. The van der Waals surface area contributed by atoms with Crippen LogP contribution in [0.3, 0.4) is 0 Å². The van der Waals surface area contributed by atoms with Crippen molar-refractivity contribution >= 4 is 43.4 Å². The predicted octanol–water partition coefficient (Wildman–Crippen LogP) is 5.06. The molecule has 0 bridgehead atoms. The van der Waals surface area contributed by atoms with E-state index in [1.165, 1.54) is 24.4 Å². The average Bonchev–Trinajstić information content (AvgIpc) is 3.27. The summed E-state index contributed by atoms with van der Waals surface area (Å²) in [5, 5.41) is 0.443. The molecule has 0 aliphatic carbocycles. The Morgan fingerprint density at radius 1 is 1.08 bits per heavy atom. The van der Waals surface area contributed by atoms with E-state index in [1.54, 1.807) is 49.9 Å². The van der Waals surface area contributed by atoms with Crippen LogP contribution in [0.5, 0.6) is 0 Å². The number of thiophene rings is 1. The van der Waals surface area contributed by atoms with Crippen LogP contribution in [0.25, 0.3) is 10.1 Å². The molecular formula is C24H27F3N4O4S2. The number of aromatic nitrogens is 1. The molecule has 1 saturated heterocycles. The Morgan fingerprint density at radius 2 is 1.73 bits per heavy atom. The molecule has 0 unspecified atom stereocenters. The highest BCUT2D eigenvalue weighted by atomic mass is 32.2. The second-order valence-electron chi connectivity index (χ2n) is 9.53. The number of carbonyl (C=O) groups excluding carboxylic acids is 1. The summed E-state index contributed by atoms with van der Waals surface area (Å²) in [6.07, 6.45) is -4.03. The number of hydrogen-bond acceptors (Lipinski definition) is 7. The van der Waals surface area contributed by atoms with Crippen molar-refractivity contribution in [2.24, 2.45) is 0 Å². The second kappa shape index (κ2) is 10.1. The van der Waals surface area contributed by atoms with Crippen molar-refractivity contribution in [2.75, 3.05) is 31.1 Å². The van der Waals surface area contributed by atoms with Crippen molar-refractivity contribution in [1.82, 2.24) is 14.2 Å². The molecule has 13 heteroatoms. The van der Waals surface area contributed by atoms with Crippen LogP contribution in [0.1, 0.15) is 26.3 Å². The first-order chi connectivity index (χ1) is 17.3. The fraction of sp³-hybridized carbons (Fsp3) is 0.417. The Kier molecular flexibility index (Phi) is 7.41. The lowest BCUT2D eigenvalue weighted by Crippen LogP contribution is -2.50. The molecule has 3 heterocycles. The summed E-state index contributed by atoms with van der Waals surface area (Å²) in [4.78, 5) is 20.2. The average molecular weight is 557 g/mol. The molecule has 3 aromatic rings. The van der Waals surface area contributed by atoms with Gasteiger partial charge in [-0.25, -0.2) is 18.2 Å². The van der Waals surface area contributed by atoms with E-state index >= 15 is 0 Å². The maximum atomic E-state index is 13.9. The molecule has 8 nitrogen and oxygen atoms in total. The van der Waals surface area contributed by atoms with Gasteiger partial charge in [0.1, 0.15) is 15.6 Å². The van der Waals surface area contributed by atoms with Crippen LogP contribution in [0.4, 0.5) is 23.8 Å². The number of alkyl halides is 3. The highest BCUT2D eigenvalue weighted by Crippen LogP contribution is 2.39. The highest BCUT2D eigenvalue weighted by Gasteiger charge is 2.47. The van der Waals surface area contributed by atoms with Crippen LogP contribution >= 0.6 is 11.3 Å². The fourth-order valence-corrected chi connectivity index (χ4v) is 6.72. The molecule has 0 radical (unpaired) electrons. The fourth-order valence-electron chi connectivity index (χ4n) is 3.90.